The second-order valence-corrected chi connectivity index (χ2v) is 12.4. The van der Waals surface area contributed by atoms with Crippen LogP contribution in [0.5, 0.6) is 5.75 Å². The van der Waals surface area contributed by atoms with Crippen molar-refractivity contribution in [2.75, 3.05) is 48.5 Å². The van der Waals surface area contributed by atoms with E-state index < -0.39 is 10.0 Å². The summed E-state index contributed by atoms with van der Waals surface area (Å²) in [5.41, 5.74) is 2.95. The Morgan fingerprint density at radius 1 is 1.00 bits per heavy atom. The number of amides is 1. The van der Waals surface area contributed by atoms with E-state index in [9.17, 15) is 13.2 Å². The van der Waals surface area contributed by atoms with Gasteiger partial charge in [-0.2, -0.15) is 0 Å². The molecular formula is C30H34N4O4S2. The number of rotatable bonds is 11. The topological polar surface area (TPSA) is 83.0 Å². The Labute approximate surface area is 239 Å². The SMILES string of the molecule is CCOc1ccc2nc(N(CCN(CC)CC)C(=O)c3ccc(S(=O)(=O)N4CCc5ccccc54)cc3)sc2c1. The number of hydrogen-bond donors (Lipinski definition) is 0. The molecule has 0 aliphatic carbocycles. The van der Waals surface area contributed by atoms with E-state index in [-0.39, 0.29) is 10.8 Å². The minimum absolute atomic E-state index is 0.166. The van der Waals surface area contributed by atoms with Crippen molar-refractivity contribution in [1.29, 1.82) is 0 Å². The minimum atomic E-state index is -3.74. The number of para-hydroxylation sites is 1. The molecule has 0 atom stereocenters. The molecule has 40 heavy (non-hydrogen) atoms. The first-order valence-electron chi connectivity index (χ1n) is 13.6. The van der Waals surface area contributed by atoms with Crippen molar-refractivity contribution in [2.45, 2.75) is 32.1 Å². The van der Waals surface area contributed by atoms with Gasteiger partial charge in [0.2, 0.25) is 0 Å². The Kier molecular flexibility index (Phi) is 8.39. The van der Waals surface area contributed by atoms with Crippen LogP contribution in [0.25, 0.3) is 10.2 Å². The average Bonchev–Trinajstić information content (AvgIpc) is 3.60. The summed E-state index contributed by atoms with van der Waals surface area (Å²) in [7, 11) is -3.74. The summed E-state index contributed by atoms with van der Waals surface area (Å²) in [6.07, 6.45) is 0.682. The molecule has 10 heteroatoms. The first-order valence-corrected chi connectivity index (χ1v) is 15.9. The average molecular weight is 579 g/mol. The largest absolute Gasteiger partial charge is 0.494 e. The number of likely N-dealkylation sites (N-methyl/N-ethyl adjacent to an activating group) is 1. The summed E-state index contributed by atoms with van der Waals surface area (Å²) >= 11 is 1.45. The van der Waals surface area contributed by atoms with E-state index in [2.05, 4.69) is 18.7 Å². The lowest BCUT2D eigenvalue weighted by Gasteiger charge is -2.25. The van der Waals surface area contributed by atoms with Crippen molar-refractivity contribution < 1.29 is 17.9 Å². The summed E-state index contributed by atoms with van der Waals surface area (Å²) in [6, 6.07) is 19.6. The Hall–Kier alpha value is -3.47. The van der Waals surface area contributed by atoms with Gasteiger partial charge in [-0.25, -0.2) is 13.4 Å². The normalized spacial score (nSPS) is 13.2. The van der Waals surface area contributed by atoms with Crippen molar-refractivity contribution >= 4 is 48.3 Å². The number of carbonyl (C=O) groups excluding carboxylic acids is 1. The van der Waals surface area contributed by atoms with Crippen LogP contribution in [0.2, 0.25) is 0 Å². The van der Waals surface area contributed by atoms with E-state index in [0.29, 0.717) is 49.0 Å². The lowest BCUT2D eigenvalue weighted by Crippen LogP contribution is -2.39. The maximum Gasteiger partial charge on any atom is 0.264 e. The number of hydrogen-bond acceptors (Lipinski definition) is 7. The molecule has 1 amide bonds. The molecule has 0 bridgehead atoms. The highest BCUT2D eigenvalue weighted by Gasteiger charge is 2.31. The van der Waals surface area contributed by atoms with Crippen LogP contribution in [0, 0.1) is 0 Å². The van der Waals surface area contributed by atoms with Gasteiger partial charge >= 0.3 is 0 Å². The molecule has 1 aromatic heterocycles. The van der Waals surface area contributed by atoms with Gasteiger partial charge in [-0.05, 0) is 80.5 Å². The lowest BCUT2D eigenvalue weighted by atomic mass is 10.2. The zero-order valence-corrected chi connectivity index (χ0v) is 24.7. The zero-order chi connectivity index (χ0) is 28.3. The molecule has 0 fully saturated rings. The number of sulfonamides is 1. The van der Waals surface area contributed by atoms with Crippen LogP contribution >= 0.6 is 11.3 Å². The fraction of sp³-hybridized carbons (Fsp3) is 0.333. The molecule has 0 saturated heterocycles. The fourth-order valence-corrected chi connectivity index (χ4v) is 7.46. The molecule has 0 saturated carbocycles. The second-order valence-electron chi connectivity index (χ2n) is 9.52. The number of ether oxygens (including phenoxy) is 1. The van der Waals surface area contributed by atoms with Gasteiger partial charge in [-0.3, -0.25) is 14.0 Å². The molecule has 1 aliphatic heterocycles. The van der Waals surface area contributed by atoms with Gasteiger partial charge < -0.3 is 9.64 Å². The number of aromatic nitrogens is 1. The summed E-state index contributed by atoms with van der Waals surface area (Å²) in [5, 5.41) is 0.603. The van der Waals surface area contributed by atoms with Crippen molar-refractivity contribution in [3.8, 4) is 5.75 Å². The van der Waals surface area contributed by atoms with Crippen LogP contribution in [0.15, 0.2) is 71.6 Å². The van der Waals surface area contributed by atoms with E-state index in [4.69, 9.17) is 9.72 Å². The second kappa shape index (κ2) is 12.0. The number of benzene rings is 3. The standard InChI is InChI=1S/C30H34N4O4S2/c1-4-32(5-2)19-20-33(30-31-26-16-13-24(38-6-3)21-28(26)39-30)29(35)23-11-14-25(15-12-23)40(36,37)34-18-17-22-9-7-8-10-27(22)34/h7-16,21H,4-6,17-20H2,1-3H3. The third kappa shape index (κ3) is 5.56. The summed E-state index contributed by atoms with van der Waals surface area (Å²) in [6.45, 7) is 10.0. The maximum atomic E-state index is 13.9. The number of nitrogens with zero attached hydrogens (tertiary/aromatic N) is 4. The number of carbonyl (C=O) groups is 1. The molecule has 8 nitrogen and oxygen atoms in total. The molecule has 0 unspecified atom stereocenters. The summed E-state index contributed by atoms with van der Waals surface area (Å²) < 4.78 is 34.9. The van der Waals surface area contributed by atoms with Crippen molar-refractivity contribution in [3.05, 3.63) is 77.9 Å². The molecule has 5 rings (SSSR count). The maximum absolute atomic E-state index is 13.9. The van der Waals surface area contributed by atoms with E-state index in [1.54, 1.807) is 17.0 Å². The highest BCUT2D eigenvalue weighted by Crippen LogP contribution is 2.34. The zero-order valence-electron chi connectivity index (χ0n) is 23.0. The van der Waals surface area contributed by atoms with Crippen molar-refractivity contribution in [2.24, 2.45) is 0 Å². The molecular weight excluding hydrogens is 544 g/mol. The lowest BCUT2D eigenvalue weighted by molar-refractivity contribution is 0.0983. The predicted molar refractivity (Wildman–Crippen MR) is 161 cm³/mol. The molecule has 0 N–H and O–H groups in total. The van der Waals surface area contributed by atoms with E-state index in [1.165, 1.54) is 27.8 Å². The van der Waals surface area contributed by atoms with Crippen LogP contribution < -0.4 is 13.9 Å². The molecule has 1 aliphatic rings. The molecule has 0 radical (unpaired) electrons. The first-order chi connectivity index (χ1) is 19.3. The Morgan fingerprint density at radius 2 is 1.75 bits per heavy atom. The molecule has 4 aromatic rings. The van der Waals surface area contributed by atoms with Crippen LogP contribution in [0.3, 0.4) is 0 Å². The summed E-state index contributed by atoms with van der Waals surface area (Å²) in [4.78, 5) is 22.7. The number of fused-ring (bicyclic) bond motifs is 2. The Bertz CT molecular complexity index is 1600. The van der Waals surface area contributed by atoms with Gasteiger partial charge in [0.1, 0.15) is 5.75 Å². The molecule has 210 valence electrons. The van der Waals surface area contributed by atoms with Crippen molar-refractivity contribution in [3.63, 3.8) is 0 Å². The molecule has 3 aromatic carbocycles. The van der Waals surface area contributed by atoms with Gasteiger partial charge in [0, 0.05) is 25.2 Å². The van der Waals surface area contributed by atoms with Gasteiger partial charge in [-0.15, -0.1) is 0 Å². The van der Waals surface area contributed by atoms with Gasteiger partial charge in [0.15, 0.2) is 5.13 Å². The highest BCUT2D eigenvalue weighted by molar-refractivity contribution is 7.92. The van der Waals surface area contributed by atoms with E-state index in [0.717, 1.165) is 34.6 Å². The van der Waals surface area contributed by atoms with Crippen LogP contribution in [-0.4, -0.2) is 63.5 Å². The monoisotopic (exact) mass is 578 g/mol. The van der Waals surface area contributed by atoms with Crippen LogP contribution in [0.4, 0.5) is 10.8 Å². The van der Waals surface area contributed by atoms with E-state index in [1.807, 2.05) is 49.4 Å². The fourth-order valence-electron chi connectivity index (χ4n) is 4.94. The van der Waals surface area contributed by atoms with Crippen LogP contribution in [-0.2, 0) is 16.4 Å². The Balaban J connectivity index is 1.43. The third-order valence-corrected chi connectivity index (χ3v) is 10.1. The smallest absolute Gasteiger partial charge is 0.264 e. The first kappa shape index (κ1) is 28.1. The van der Waals surface area contributed by atoms with Gasteiger partial charge in [0.05, 0.1) is 27.4 Å². The quantitative estimate of drug-likeness (QED) is 0.236. The predicted octanol–water partition coefficient (Wildman–Crippen LogP) is 5.44. The third-order valence-electron chi connectivity index (χ3n) is 7.20. The van der Waals surface area contributed by atoms with Crippen LogP contribution in [0.1, 0.15) is 36.7 Å². The number of anilines is 2. The summed E-state index contributed by atoms with van der Waals surface area (Å²) in [5.74, 6) is 0.551. The Morgan fingerprint density at radius 3 is 2.48 bits per heavy atom. The number of thiazole rings is 1. The van der Waals surface area contributed by atoms with Crippen molar-refractivity contribution in [1.82, 2.24) is 9.88 Å². The van der Waals surface area contributed by atoms with Gasteiger partial charge in [-0.1, -0.05) is 43.4 Å². The van der Waals surface area contributed by atoms with Gasteiger partial charge in [0.25, 0.3) is 15.9 Å². The highest BCUT2D eigenvalue weighted by atomic mass is 32.2. The molecule has 0 spiro atoms. The minimum Gasteiger partial charge on any atom is -0.494 e. The molecule has 2 heterocycles. The van der Waals surface area contributed by atoms with E-state index >= 15 is 0 Å².